The lowest BCUT2D eigenvalue weighted by molar-refractivity contribution is 0.255. The van der Waals surface area contributed by atoms with Crippen molar-refractivity contribution in [1.82, 2.24) is 4.90 Å². The lowest BCUT2D eigenvalue weighted by atomic mass is 10.2. The Bertz CT molecular complexity index is 419. The average molecular weight is 245 g/mol. The zero-order valence-corrected chi connectivity index (χ0v) is 10.5. The molecule has 96 valence electrons. The second-order valence-corrected chi connectivity index (χ2v) is 4.58. The van der Waals surface area contributed by atoms with Gasteiger partial charge in [0, 0.05) is 32.6 Å². The molecule has 4 nitrogen and oxygen atoms in total. The predicted molar refractivity (Wildman–Crippen MR) is 71.6 cm³/mol. The van der Waals surface area contributed by atoms with Crippen LogP contribution in [0.3, 0.4) is 0 Å². The van der Waals surface area contributed by atoms with Crippen molar-refractivity contribution >= 4 is 5.69 Å². The first kappa shape index (κ1) is 12.7. The molecule has 1 aliphatic rings. The van der Waals surface area contributed by atoms with Crippen molar-refractivity contribution in [2.24, 2.45) is 0 Å². The Morgan fingerprint density at radius 1 is 1.17 bits per heavy atom. The highest BCUT2D eigenvalue weighted by atomic mass is 16.3. The van der Waals surface area contributed by atoms with Crippen LogP contribution in [-0.2, 0) is 0 Å². The second kappa shape index (κ2) is 6.27. The van der Waals surface area contributed by atoms with Gasteiger partial charge in [-0.15, -0.1) is 0 Å². The maximum absolute atomic E-state index is 9.81. The van der Waals surface area contributed by atoms with Crippen molar-refractivity contribution in [3.63, 3.8) is 0 Å². The fourth-order valence-corrected chi connectivity index (χ4v) is 2.33. The Morgan fingerprint density at radius 3 is 2.56 bits per heavy atom. The van der Waals surface area contributed by atoms with Gasteiger partial charge >= 0.3 is 0 Å². The van der Waals surface area contributed by atoms with E-state index in [0.717, 1.165) is 44.8 Å². The number of piperazine rings is 1. The molecule has 0 aliphatic carbocycles. The number of benzene rings is 1. The van der Waals surface area contributed by atoms with Gasteiger partial charge in [0.1, 0.15) is 5.75 Å². The number of hydrogen-bond acceptors (Lipinski definition) is 4. The standard InChI is InChI=1S/C14H19N3O/c15-7-3-4-8-16-9-11-17(12-10-16)13-5-1-2-6-14(13)18/h1-2,5-6,18H,3-4,8-12H2. The third-order valence-corrected chi connectivity index (χ3v) is 3.36. The van der Waals surface area contributed by atoms with Crippen LogP contribution in [0.5, 0.6) is 5.75 Å². The molecular weight excluding hydrogens is 226 g/mol. The number of nitriles is 1. The second-order valence-electron chi connectivity index (χ2n) is 4.58. The number of rotatable bonds is 4. The van der Waals surface area contributed by atoms with E-state index in [1.54, 1.807) is 6.07 Å². The average Bonchev–Trinajstić information content (AvgIpc) is 2.41. The van der Waals surface area contributed by atoms with Crippen LogP contribution in [0.1, 0.15) is 12.8 Å². The highest BCUT2D eigenvalue weighted by Gasteiger charge is 2.18. The summed E-state index contributed by atoms with van der Waals surface area (Å²) in [7, 11) is 0. The smallest absolute Gasteiger partial charge is 0.138 e. The van der Waals surface area contributed by atoms with Crippen molar-refractivity contribution in [3.8, 4) is 11.8 Å². The molecule has 0 aromatic heterocycles. The molecule has 0 radical (unpaired) electrons. The molecule has 0 bridgehead atoms. The summed E-state index contributed by atoms with van der Waals surface area (Å²) in [6, 6.07) is 9.67. The molecule has 1 fully saturated rings. The summed E-state index contributed by atoms with van der Waals surface area (Å²) in [5.41, 5.74) is 0.925. The van der Waals surface area contributed by atoms with E-state index in [4.69, 9.17) is 5.26 Å². The Hall–Kier alpha value is -1.73. The molecule has 1 heterocycles. The Labute approximate surface area is 108 Å². The summed E-state index contributed by atoms with van der Waals surface area (Å²) in [6.07, 6.45) is 1.59. The number of phenolic OH excluding ortho intramolecular Hbond substituents is 1. The summed E-state index contributed by atoms with van der Waals surface area (Å²) >= 11 is 0. The molecule has 0 atom stereocenters. The molecule has 18 heavy (non-hydrogen) atoms. The zero-order valence-electron chi connectivity index (χ0n) is 10.5. The topological polar surface area (TPSA) is 50.5 Å². The monoisotopic (exact) mass is 245 g/mol. The zero-order chi connectivity index (χ0) is 12.8. The molecule has 2 rings (SSSR count). The number of anilines is 1. The van der Waals surface area contributed by atoms with Crippen LogP contribution in [0.2, 0.25) is 0 Å². The third kappa shape index (κ3) is 3.14. The summed E-state index contributed by atoms with van der Waals surface area (Å²) < 4.78 is 0. The van der Waals surface area contributed by atoms with Crippen molar-refractivity contribution in [3.05, 3.63) is 24.3 Å². The first-order valence-corrected chi connectivity index (χ1v) is 6.43. The molecule has 1 aromatic carbocycles. The Balaban J connectivity index is 1.84. The largest absolute Gasteiger partial charge is 0.506 e. The summed E-state index contributed by atoms with van der Waals surface area (Å²) in [5.74, 6) is 0.357. The summed E-state index contributed by atoms with van der Waals surface area (Å²) in [6.45, 7) is 4.87. The molecule has 0 amide bonds. The molecular formula is C14H19N3O. The van der Waals surface area contributed by atoms with Crippen LogP contribution in [0.15, 0.2) is 24.3 Å². The minimum Gasteiger partial charge on any atom is -0.506 e. The van der Waals surface area contributed by atoms with E-state index in [0.29, 0.717) is 12.2 Å². The van der Waals surface area contributed by atoms with Gasteiger partial charge < -0.3 is 10.0 Å². The maximum Gasteiger partial charge on any atom is 0.138 e. The summed E-state index contributed by atoms with van der Waals surface area (Å²) in [4.78, 5) is 4.60. The van der Waals surface area contributed by atoms with Gasteiger partial charge in [-0.1, -0.05) is 12.1 Å². The van der Waals surface area contributed by atoms with Crippen LogP contribution in [0, 0.1) is 11.3 Å². The first-order chi connectivity index (χ1) is 8.81. The molecule has 0 unspecified atom stereocenters. The molecule has 0 saturated carbocycles. The third-order valence-electron chi connectivity index (χ3n) is 3.36. The van der Waals surface area contributed by atoms with Crippen molar-refractivity contribution < 1.29 is 5.11 Å². The Kier molecular flexibility index (Phi) is 4.43. The van der Waals surface area contributed by atoms with Crippen LogP contribution in [-0.4, -0.2) is 42.7 Å². The van der Waals surface area contributed by atoms with E-state index in [1.807, 2.05) is 18.2 Å². The highest BCUT2D eigenvalue weighted by molar-refractivity contribution is 5.57. The van der Waals surface area contributed by atoms with E-state index < -0.39 is 0 Å². The number of para-hydroxylation sites is 2. The minimum absolute atomic E-state index is 0.357. The fourth-order valence-electron chi connectivity index (χ4n) is 2.33. The molecule has 1 aliphatic heterocycles. The molecule has 1 saturated heterocycles. The van der Waals surface area contributed by atoms with Crippen LogP contribution < -0.4 is 4.90 Å². The van der Waals surface area contributed by atoms with E-state index in [9.17, 15) is 5.11 Å². The molecule has 0 spiro atoms. The van der Waals surface area contributed by atoms with Gasteiger partial charge in [0.05, 0.1) is 11.8 Å². The number of hydrogen-bond donors (Lipinski definition) is 1. The van der Waals surface area contributed by atoms with Crippen LogP contribution in [0.25, 0.3) is 0 Å². The highest BCUT2D eigenvalue weighted by Crippen LogP contribution is 2.27. The van der Waals surface area contributed by atoms with Crippen LogP contribution >= 0.6 is 0 Å². The van der Waals surface area contributed by atoms with Gasteiger partial charge in [0.2, 0.25) is 0 Å². The lowest BCUT2D eigenvalue weighted by Crippen LogP contribution is -2.46. The normalized spacial score (nSPS) is 16.5. The SMILES string of the molecule is N#CCCCN1CCN(c2ccccc2O)CC1. The van der Waals surface area contributed by atoms with Crippen LogP contribution in [0.4, 0.5) is 5.69 Å². The van der Waals surface area contributed by atoms with Gasteiger partial charge in [-0.3, -0.25) is 4.90 Å². The summed E-state index contributed by atoms with van der Waals surface area (Å²) in [5, 5.41) is 18.3. The van der Waals surface area contributed by atoms with E-state index in [1.165, 1.54) is 0 Å². The van der Waals surface area contributed by atoms with E-state index >= 15 is 0 Å². The number of phenols is 1. The van der Waals surface area contributed by atoms with Gasteiger partial charge in [0.15, 0.2) is 0 Å². The Morgan fingerprint density at radius 2 is 1.89 bits per heavy atom. The first-order valence-electron chi connectivity index (χ1n) is 6.43. The maximum atomic E-state index is 9.81. The van der Waals surface area contributed by atoms with Crippen molar-refractivity contribution in [1.29, 1.82) is 5.26 Å². The van der Waals surface area contributed by atoms with E-state index in [2.05, 4.69) is 15.9 Å². The lowest BCUT2D eigenvalue weighted by Gasteiger charge is -2.36. The fraction of sp³-hybridized carbons (Fsp3) is 0.500. The quantitative estimate of drug-likeness (QED) is 0.822. The van der Waals surface area contributed by atoms with E-state index in [-0.39, 0.29) is 0 Å². The number of unbranched alkanes of at least 4 members (excludes halogenated alkanes) is 1. The minimum atomic E-state index is 0.357. The molecule has 1 N–H and O–H groups in total. The molecule has 4 heteroatoms. The molecule has 1 aromatic rings. The number of aromatic hydroxyl groups is 1. The van der Waals surface area contributed by atoms with Crippen molar-refractivity contribution in [2.75, 3.05) is 37.6 Å². The van der Waals surface area contributed by atoms with Gasteiger partial charge in [-0.05, 0) is 25.1 Å². The van der Waals surface area contributed by atoms with Crippen molar-refractivity contribution in [2.45, 2.75) is 12.8 Å². The number of nitrogens with zero attached hydrogens (tertiary/aromatic N) is 3. The predicted octanol–water partition coefficient (Wildman–Crippen LogP) is 1.82. The van der Waals surface area contributed by atoms with Gasteiger partial charge in [-0.2, -0.15) is 5.26 Å². The van der Waals surface area contributed by atoms with Gasteiger partial charge in [-0.25, -0.2) is 0 Å². The van der Waals surface area contributed by atoms with Gasteiger partial charge in [0.25, 0.3) is 0 Å².